The molecule has 0 atom stereocenters. The average Bonchev–Trinajstić information content (AvgIpc) is 2.36. The fourth-order valence-corrected chi connectivity index (χ4v) is 1.89. The molecule has 2 aromatic rings. The third-order valence-corrected chi connectivity index (χ3v) is 3.55. The highest BCUT2D eigenvalue weighted by Crippen LogP contribution is 2.22. The molecule has 0 aliphatic carbocycles. The lowest BCUT2D eigenvalue weighted by atomic mass is 10.3. The number of hydrogen-bond acceptors (Lipinski definition) is 4. The van der Waals surface area contributed by atoms with Crippen LogP contribution in [-0.2, 0) is 0 Å². The molecule has 0 aliphatic heterocycles. The third-order valence-electron chi connectivity index (χ3n) is 2.26. The van der Waals surface area contributed by atoms with Crippen LogP contribution in [0.3, 0.4) is 0 Å². The fourth-order valence-electron chi connectivity index (χ4n) is 1.45. The topological polar surface area (TPSA) is 50.7 Å². The molecule has 0 aliphatic rings. The van der Waals surface area contributed by atoms with E-state index < -0.39 is 0 Å². The van der Waals surface area contributed by atoms with Gasteiger partial charge in [-0.15, -0.1) is 0 Å². The van der Waals surface area contributed by atoms with E-state index >= 15 is 0 Å². The van der Waals surface area contributed by atoms with Crippen molar-refractivity contribution in [2.24, 2.45) is 0 Å². The number of nitrogens with zero attached hydrogens (tertiary/aromatic N) is 3. The lowest BCUT2D eigenvalue weighted by Crippen LogP contribution is -2.06. The van der Waals surface area contributed by atoms with E-state index in [0.29, 0.717) is 5.82 Å². The molecule has 1 N–H and O–H groups in total. The maximum Gasteiger partial charge on any atom is 0.180 e. The van der Waals surface area contributed by atoms with Gasteiger partial charge in [0.1, 0.15) is 11.5 Å². The van der Waals surface area contributed by atoms with E-state index in [9.17, 15) is 0 Å². The summed E-state index contributed by atoms with van der Waals surface area (Å²) in [4.78, 5) is 13.2. The van der Waals surface area contributed by atoms with Crippen molar-refractivity contribution in [3.8, 4) is 11.5 Å². The first-order valence-corrected chi connectivity index (χ1v) is 6.49. The van der Waals surface area contributed by atoms with Crippen molar-refractivity contribution in [2.45, 2.75) is 13.8 Å². The summed E-state index contributed by atoms with van der Waals surface area (Å²) in [6.45, 7) is 4.87. The van der Waals surface area contributed by atoms with Crippen molar-refractivity contribution >= 4 is 28.4 Å². The van der Waals surface area contributed by atoms with Crippen LogP contribution in [0, 0.1) is 10.5 Å². The summed E-state index contributed by atoms with van der Waals surface area (Å²) in [7, 11) is 0. The van der Waals surface area contributed by atoms with E-state index in [2.05, 4.69) is 42.9 Å². The predicted molar refractivity (Wildman–Crippen MR) is 76.9 cm³/mol. The second-order valence-electron chi connectivity index (χ2n) is 3.54. The van der Waals surface area contributed by atoms with E-state index in [1.807, 2.05) is 32.0 Å². The van der Waals surface area contributed by atoms with Gasteiger partial charge >= 0.3 is 0 Å². The van der Waals surface area contributed by atoms with Crippen molar-refractivity contribution in [3.63, 3.8) is 0 Å². The van der Waals surface area contributed by atoms with Gasteiger partial charge in [-0.3, -0.25) is 4.98 Å². The molecule has 0 aromatic carbocycles. The van der Waals surface area contributed by atoms with Crippen LogP contribution in [0.2, 0.25) is 0 Å². The maximum absolute atomic E-state index is 4.50. The van der Waals surface area contributed by atoms with Crippen molar-refractivity contribution in [1.29, 1.82) is 0 Å². The minimum Gasteiger partial charge on any atom is -0.369 e. The Labute approximate surface area is 114 Å². The summed E-state index contributed by atoms with van der Waals surface area (Å²) < 4.78 is 1.06. The summed E-state index contributed by atoms with van der Waals surface area (Å²) in [5.41, 5.74) is 1.77. The second-order valence-corrected chi connectivity index (χ2v) is 4.62. The first-order valence-electron chi connectivity index (χ1n) is 5.41. The predicted octanol–water partition coefficient (Wildman–Crippen LogP) is 2.88. The Morgan fingerprint density at radius 2 is 2.12 bits per heavy atom. The Kier molecular flexibility index (Phi) is 3.88. The molecular weight excluding hydrogens is 327 g/mol. The minimum absolute atomic E-state index is 0.666. The Hall–Kier alpha value is -1.24. The highest BCUT2D eigenvalue weighted by Gasteiger charge is 2.10. The largest absolute Gasteiger partial charge is 0.369 e. The molecule has 0 saturated heterocycles. The zero-order valence-electron chi connectivity index (χ0n) is 9.74. The standard InChI is InChI=1S/C12H13IN4/c1-3-14-12-10(13)8(2)16-11(17-12)9-6-4-5-7-15-9/h4-7H,3H2,1-2H3,(H,14,16,17). The molecule has 0 spiro atoms. The fraction of sp³-hybridized carbons (Fsp3) is 0.250. The summed E-state index contributed by atoms with van der Waals surface area (Å²) in [6.07, 6.45) is 1.75. The molecular formula is C12H13IN4. The van der Waals surface area contributed by atoms with Crippen molar-refractivity contribution in [1.82, 2.24) is 15.0 Å². The van der Waals surface area contributed by atoms with Crippen molar-refractivity contribution in [3.05, 3.63) is 33.7 Å². The van der Waals surface area contributed by atoms with Crippen LogP contribution in [0.1, 0.15) is 12.6 Å². The molecule has 17 heavy (non-hydrogen) atoms. The Morgan fingerprint density at radius 3 is 2.76 bits per heavy atom. The van der Waals surface area contributed by atoms with E-state index in [4.69, 9.17) is 0 Å². The maximum atomic E-state index is 4.50. The summed E-state index contributed by atoms with van der Waals surface area (Å²) in [5, 5.41) is 3.24. The number of halogens is 1. The number of aryl methyl sites for hydroxylation is 1. The molecule has 0 radical (unpaired) electrons. The molecule has 4 nitrogen and oxygen atoms in total. The quantitative estimate of drug-likeness (QED) is 0.873. The van der Waals surface area contributed by atoms with Crippen LogP contribution >= 0.6 is 22.6 Å². The summed E-state index contributed by atoms with van der Waals surface area (Å²) in [5.74, 6) is 1.54. The van der Waals surface area contributed by atoms with Crippen LogP contribution in [0.25, 0.3) is 11.5 Å². The van der Waals surface area contributed by atoms with E-state index in [1.54, 1.807) is 6.20 Å². The number of hydrogen-bond donors (Lipinski definition) is 1. The van der Waals surface area contributed by atoms with Crippen molar-refractivity contribution < 1.29 is 0 Å². The SMILES string of the molecule is CCNc1nc(-c2ccccn2)nc(C)c1I. The van der Waals surface area contributed by atoms with Gasteiger partial charge in [0.25, 0.3) is 0 Å². The number of nitrogens with one attached hydrogen (secondary N) is 1. The summed E-state index contributed by atoms with van der Waals surface area (Å²) >= 11 is 2.26. The van der Waals surface area contributed by atoms with Gasteiger partial charge in [0.15, 0.2) is 5.82 Å². The normalized spacial score (nSPS) is 10.3. The monoisotopic (exact) mass is 340 g/mol. The third kappa shape index (κ3) is 2.71. The molecule has 0 unspecified atom stereocenters. The molecule has 2 rings (SSSR count). The van der Waals surface area contributed by atoms with Crippen LogP contribution in [0.15, 0.2) is 24.4 Å². The molecule has 0 saturated carbocycles. The highest BCUT2D eigenvalue weighted by molar-refractivity contribution is 14.1. The van der Waals surface area contributed by atoms with Gasteiger partial charge < -0.3 is 5.32 Å². The molecule has 0 fully saturated rings. The average molecular weight is 340 g/mol. The molecule has 88 valence electrons. The van der Waals surface area contributed by atoms with E-state index in [1.165, 1.54) is 0 Å². The first-order chi connectivity index (χ1) is 8.22. The molecule has 5 heteroatoms. The minimum atomic E-state index is 0.666. The Balaban J connectivity index is 2.49. The van der Waals surface area contributed by atoms with Crippen LogP contribution in [0.4, 0.5) is 5.82 Å². The van der Waals surface area contributed by atoms with Gasteiger partial charge in [-0.1, -0.05) is 6.07 Å². The van der Waals surface area contributed by atoms with Gasteiger partial charge in [-0.2, -0.15) is 0 Å². The van der Waals surface area contributed by atoms with Crippen LogP contribution in [-0.4, -0.2) is 21.5 Å². The number of rotatable bonds is 3. The van der Waals surface area contributed by atoms with E-state index in [0.717, 1.165) is 27.3 Å². The van der Waals surface area contributed by atoms with Gasteiger partial charge in [-0.25, -0.2) is 9.97 Å². The lowest BCUT2D eigenvalue weighted by molar-refractivity contribution is 1.05. The highest BCUT2D eigenvalue weighted by atomic mass is 127. The van der Waals surface area contributed by atoms with Crippen LogP contribution in [0.5, 0.6) is 0 Å². The zero-order valence-corrected chi connectivity index (χ0v) is 11.9. The number of pyridine rings is 1. The molecule has 2 aromatic heterocycles. The molecule has 0 bridgehead atoms. The summed E-state index contributed by atoms with van der Waals surface area (Å²) in [6, 6.07) is 5.73. The smallest absolute Gasteiger partial charge is 0.180 e. The van der Waals surface area contributed by atoms with Gasteiger partial charge in [0.05, 0.1) is 9.26 Å². The number of anilines is 1. The Bertz CT molecular complexity index is 513. The molecule has 2 heterocycles. The molecule has 0 amide bonds. The first kappa shape index (κ1) is 12.2. The lowest BCUT2D eigenvalue weighted by Gasteiger charge is -2.09. The second kappa shape index (κ2) is 5.39. The van der Waals surface area contributed by atoms with Gasteiger partial charge in [0.2, 0.25) is 0 Å². The van der Waals surface area contributed by atoms with E-state index in [-0.39, 0.29) is 0 Å². The zero-order chi connectivity index (χ0) is 12.3. The van der Waals surface area contributed by atoms with Gasteiger partial charge in [0, 0.05) is 12.7 Å². The van der Waals surface area contributed by atoms with Gasteiger partial charge in [-0.05, 0) is 48.6 Å². The number of aromatic nitrogens is 3. The Morgan fingerprint density at radius 1 is 1.29 bits per heavy atom. The van der Waals surface area contributed by atoms with Crippen molar-refractivity contribution in [2.75, 3.05) is 11.9 Å². The van der Waals surface area contributed by atoms with Crippen LogP contribution < -0.4 is 5.32 Å².